The number of aliphatic hydroxyl groups excluding tert-OH is 1. The molecule has 0 saturated heterocycles. The lowest BCUT2D eigenvalue weighted by Crippen LogP contribution is -2.54. The van der Waals surface area contributed by atoms with Crippen molar-refractivity contribution in [2.24, 2.45) is 17.3 Å². The Morgan fingerprint density at radius 2 is 1.95 bits per heavy atom. The van der Waals surface area contributed by atoms with Gasteiger partial charge in [0.05, 0.1) is 6.04 Å². The Kier molecular flexibility index (Phi) is 6.20. The average molecular weight is 298 g/mol. The van der Waals surface area contributed by atoms with Crippen LogP contribution in [0.1, 0.15) is 47.5 Å². The number of carbonyl (C=O) groups excluding carboxylic acids is 2. The van der Waals surface area contributed by atoms with Gasteiger partial charge in [0.2, 0.25) is 6.41 Å². The van der Waals surface area contributed by atoms with E-state index in [1.807, 2.05) is 34.6 Å². The van der Waals surface area contributed by atoms with E-state index in [2.05, 4.69) is 5.32 Å². The number of aliphatic hydroxyl groups is 1. The number of hydrogen-bond acceptors (Lipinski definition) is 3. The average Bonchev–Trinajstić information content (AvgIpc) is 3.16. The number of nitrogens with one attached hydrogen (secondary N) is 1. The Hall–Kier alpha value is -1.10. The zero-order valence-corrected chi connectivity index (χ0v) is 13.9. The summed E-state index contributed by atoms with van der Waals surface area (Å²) in [6, 6.07) is -0.499. The summed E-state index contributed by atoms with van der Waals surface area (Å²) in [4.78, 5) is 25.1. The molecule has 1 rings (SSSR count). The lowest BCUT2D eigenvalue weighted by atomic mass is 9.91. The van der Waals surface area contributed by atoms with Crippen molar-refractivity contribution in [3.8, 4) is 0 Å². The highest BCUT2D eigenvalue weighted by molar-refractivity contribution is 5.81. The van der Waals surface area contributed by atoms with Crippen molar-refractivity contribution >= 4 is 12.3 Å². The second-order valence-corrected chi connectivity index (χ2v) is 7.71. The summed E-state index contributed by atoms with van der Waals surface area (Å²) >= 11 is 0. The van der Waals surface area contributed by atoms with Crippen LogP contribution in [0.3, 0.4) is 0 Å². The van der Waals surface area contributed by atoms with Crippen molar-refractivity contribution < 1.29 is 14.7 Å². The lowest BCUT2D eigenvalue weighted by Gasteiger charge is -2.37. The molecule has 0 bridgehead atoms. The van der Waals surface area contributed by atoms with Gasteiger partial charge in [-0.05, 0) is 30.1 Å². The smallest absolute Gasteiger partial charge is 0.251 e. The largest absolute Gasteiger partial charge is 0.381 e. The summed E-state index contributed by atoms with van der Waals surface area (Å²) in [5, 5.41) is 13.2. The Morgan fingerprint density at radius 1 is 1.38 bits per heavy atom. The molecule has 21 heavy (non-hydrogen) atoms. The second kappa shape index (κ2) is 7.25. The third kappa shape index (κ3) is 6.04. The maximum atomic E-state index is 12.1. The highest BCUT2D eigenvalue weighted by atomic mass is 16.3. The second-order valence-electron chi connectivity index (χ2n) is 7.71. The van der Waals surface area contributed by atoms with E-state index in [0.717, 1.165) is 19.3 Å². The molecule has 0 radical (unpaired) electrons. The number of nitrogens with zero attached hydrogens (tertiary/aromatic N) is 1. The van der Waals surface area contributed by atoms with Crippen molar-refractivity contribution in [2.75, 3.05) is 13.1 Å². The van der Waals surface area contributed by atoms with E-state index in [4.69, 9.17) is 0 Å². The van der Waals surface area contributed by atoms with Gasteiger partial charge in [-0.15, -0.1) is 0 Å². The molecule has 5 nitrogen and oxygen atoms in total. The first-order valence-electron chi connectivity index (χ1n) is 7.82. The zero-order chi connectivity index (χ0) is 16.2. The van der Waals surface area contributed by atoms with Gasteiger partial charge in [-0.25, -0.2) is 0 Å². The molecule has 2 N–H and O–H groups in total. The van der Waals surface area contributed by atoms with E-state index in [9.17, 15) is 14.7 Å². The van der Waals surface area contributed by atoms with E-state index in [1.54, 1.807) is 4.90 Å². The van der Waals surface area contributed by atoms with E-state index in [1.165, 1.54) is 0 Å². The summed E-state index contributed by atoms with van der Waals surface area (Å²) < 4.78 is 0. The molecule has 1 aliphatic rings. The van der Waals surface area contributed by atoms with Gasteiger partial charge in [-0.3, -0.25) is 9.59 Å². The Morgan fingerprint density at radius 3 is 2.33 bits per heavy atom. The van der Waals surface area contributed by atoms with Crippen LogP contribution in [0.15, 0.2) is 0 Å². The van der Waals surface area contributed by atoms with Gasteiger partial charge in [0, 0.05) is 13.1 Å². The fourth-order valence-corrected chi connectivity index (χ4v) is 2.52. The Balaban J connectivity index is 2.71. The van der Waals surface area contributed by atoms with Gasteiger partial charge in [-0.1, -0.05) is 34.6 Å². The van der Waals surface area contributed by atoms with Gasteiger partial charge in [0.1, 0.15) is 0 Å². The van der Waals surface area contributed by atoms with E-state index in [0.29, 0.717) is 19.0 Å². The molecular formula is C16H30N2O3. The summed E-state index contributed by atoms with van der Waals surface area (Å²) in [5.41, 5.74) is -0.0851. The first kappa shape index (κ1) is 18.0. The molecule has 5 heteroatoms. The van der Waals surface area contributed by atoms with E-state index < -0.39 is 12.1 Å². The van der Waals surface area contributed by atoms with E-state index in [-0.39, 0.29) is 17.2 Å². The predicted octanol–water partition coefficient (Wildman–Crippen LogP) is 1.40. The topological polar surface area (TPSA) is 69.6 Å². The molecule has 0 heterocycles. The summed E-state index contributed by atoms with van der Waals surface area (Å²) in [6.45, 7) is 11.1. The molecule has 2 atom stereocenters. The minimum Gasteiger partial charge on any atom is -0.381 e. The van der Waals surface area contributed by atoms with Gasteiger partial charge in [0.15, 0.2) is 6.10 Å². The lowest BCUT2D eigenvalue weighted by molar-refractivity contribution is -0.138. The molecule has 0 spiro atoms. The van der Waals surface area contributed by atoms with Crippen LogP contribution in [0, 0.1) is 17.3 Å². The molecule has 0 aromatic rings. The Bertz CT molecular complexity index is 359. The summed E-state index contributed by atoms with van der Waals surface area (Å²) in [6.07, 6.45) is 1.85. The number of amides is 2. The quantitative estimate of drug-likeness (QED) is 0.666. The van der Waals surface area contributed by atoms with Crippen LogP contribution in [0.5, 0.6) is 0 Å². The van der Waals surface area contributed by atoms with Crippen LogP contribution in [-0.4, -0.2) is 47.6 Å². The van der Waals surface area contributed by atoms with Gasteiger partial charge < -0.3 is 15.3 Å². The molecule has 0 aromatic carbocycles. The molecule has 1 saturated carbocycles. The van der Waals surface area contributed by atoms with Gasteiger partial charge in [-0.2, -0.15) is 0 Å². The number of carbonyl (C=O) groups is 2. The third-order valence-corrected chi connectivity index (χ3v) is 3.71. The predicted molar refractivity (Wildman–Crippen MR) is 82.6 cm³/mol. The molecule has 2 amide bonds. The van der Waals surface area contributed by atoms with Crippen LogP contribution in [0.4, 0.5) is 0 Å². The highest BCUT2D eigenvalue weighted by Crippen LogP contribution is 2.27. The fraction of sp³-hybridized carbons (Fsp3) is 0.875. The van der Waals surface area contributed by atoms with Crippen molar-refractivity contribution in [2.45, 2.75) is 59.6 Å². The standard InChI is InChI=1S/C16H30N2O3/c1-11(2)13(18(10-19)9-16(3,4)5)14(20)15(21)17-8-12-6-7-12/h10-14,20H,6-9H2,1-5H3,(H,17,21). The monoisotopic (exact) mass is 298 g/mol. The van der Waals surface area contributed by atoms with Gasteiger partial charge >= 0.3 is 0 Å². The maximum absolute atomic E-state index is 12.1. The SMILES string of the molecule is CC(C)C(C(O)C(=O)NCC1CC1)N(C=O)CC(C)(C)C. The molecule has 1 fully saturated rings. The molecule has 1 aliphatic carbocycles. The Labute approximate surface area is 128 Å². The molecule has 2 unspecified atom stereocenters. The normalized spacial score (nSPS) is 18.2. The molecule has 122 valence electrons. The zero-order valence-electron chi connectivity index (χ0n) is 13.9. The van der Waals surface area contributed by atoms with Crippen molar-refractivity contribution in [3.05, 3.63) is 0 Å². The number of hydrogen-bond donors (Lipinski definition) is 2. The van der Waals surface area contributed by atoms with Crippen LogP contribution >= 0.6 is 0 Å². The van der Waals surface area contributed by atoms with Crippen LogP contribution in [-0.2, 0) is 9.59 Å². The molecule has 0 aromatic heterocycles. The van der Waals surface area contributed by atoms with Gasteiger partial charge in [0.25, 0.3) is 5.91 Å². The third-order valence-electron chi connectivity index (χ3n) is 3.71. The van der Waals surface area contributed by atoms with Crippen molar-refractivity contribution in [3.63, 3.8) is 0 Å². The molecular weight excluding hydrogens is 268 g/mol. The first-order chi connectivity index (χ1) is 9.65. The number of rotatable bonds is 8. The maximum Gasteiger partial charge on any atom is 0.251 e. The summed E-state index contributed by atoms with van der Waals surface area (Å²) in [5.74, 6) is 0.191. The van der Waals surface area contributed by atoms with Crippen molar-refractivity contribution in [1.82, 2.24) is 10.2 Å². The van der Waals surface area contributed by atoms with E-state index >= 15 is 0 Å². The summed E-state index contributed by atoms with van der Waals surface area (Å²) in [7, 11) is 0. The molecule has 0 aliphatic heterocycles. The van der Waals surface area contributed by atoms with Crippen molar-refractivity contribution in [1.29, 1.82) is 0 Å². The highest BCUT2D eigenvalue weighted by Gasteiger charge is 2.35. The van der Waals surface area contributed by atoms with Crippen LogP contribution in [0.2, 0.25) is 0 Å². The fourth-order valence-electron chi connectivity index (χ4n) is 2.52. The van der Waals surface area contributed by atoms with Crippen LogP contribution in [0.25, 0.3) is 0 Å². The minimum absolute atomic E-state index is 0.000718. The minimum atomic E-state index is -1.18. The van der Waals surface area contributed by atoms with Crippen LogP contribution < -0.4 is 5.32 Å². The first-order valence-corrected chi connectivity index (χ1v) is 7.82.